The molecule has 0 aliphatic heterocycles. The van der Waals surface area contributed by atoms with E-state index >= 15 is 0 Å². The van der Waals surface area contributed by atoms with Gasteiger partial charge in [0, 0.05) is 31.2 Å². The normalized spacial score (nSPS) is 12.4. The van der Waals surface area contributed by atoms with E-state index in [0.717, 1.165) is 10.9 Å². The maximum atomic E-state index is 12.0. The number of benzene rings is 1. The van der Waals surface area contributed by atoms with Gasteiger partial charge in [-0.3, -0.25) is 4.79 Å². The first-order chi connectivity index (χ1) is 9.54. The molecule has 0 saturated heterocycles. The van der Waals surface area contributed by atoms with Gasteiger partial charge >= 0.3 is 0 Å². The van der Waals surface area contributed by atoms with Gasteiger partial charge in [-0.05, 0) is 36.0 Å². The Morgan fingerprint density at radius 1 is 1.30 bits per heavy atom. The van der Waals surface area contributed by atoms with E-state index in [9.17, 15) is 4.79 Å². The Morgan fingerprint density at radius 2 is 1.95 bits per heavy atom. The van der Waals surface area contributed by atoms with Gasteiger partial charge < -0.3 is 10.1 Å². The Labute approximate surface area is 130 Å². The highest BCUT2D eigenvalue weighted by molar-refractivity contribution is 9.10. The second-order valence-corrected chi connectivity index (χ2v) is 6.22. The summed E-state index contributed by atoms with van der Waals surface area (Å²) in [6.07, 6.45) is 1.39. The maximum Gasteiger partial charge on any atom is 0.220 e. The number of rotatable bonds is 8. The van der Waals surface area contributed by atoms with Gasteiger partial charge in [-0.25, -0.2) is 0 Å². The number of nitrogens with one attached hydrogen (secondary N) is 1. The summed E-state index contributed by atoms with van der Waals surface area (Å²) in [6.45, 7) is 5.67. The molecule has 0 spiro atoms. The van der Waals surface area contributed by atoms with Crippen molar-refractivity contribution in [3.8, 4) is 0 Å². The number of methoxy groups -OCH3 is 1. The van der Waals surface area contributed by atoms with E-state index in [2.05, 4.69) is 47.2 Å². The van der Waals surface area contributed by atoms with Crippen molar-refractivity contribution in [1.82, 2.24) is 5.32 Å². The molecule has 1 aromatic rings. The van der Waals surface area contributed by atoms with Crippen LogP contribution < -0.4 is 5.32 Å². The highest BCUT2D eigenvalue weighted by atomic mass is 79.9. The van der Waals surface area contributed by atoms with Crippen LogP contribution in [-0.2, 0) is 9.53 Å². The topological polar surface area (TPSA) is 38.3 Å². The summed E-state index contributed by atoms with van der Waals surface area (Å²) >= 11 is 3.44. The van der Waals surface area contributed by atoms with E-state index in [4.69, 9.17) is 4.74 Å². The number of amides is 1. The fourth-order valence-corrected chi connectivity index (χ4v) is 2.43. The zero-order chi connectivity index (χ0) is 15.0. The quantitative estimate of drug-likeness (QED) is 0.731. The summed E-state index contributed by atoms with van der Waals surface area (Å²) in [7, 11) is 1.67. The van der Waals surface area contributed by atoms with Crippen LogP contribution in [0, 0.1) is 5.92 Å². The third kappa shape index (κ3) is 6.06. The fourth-order valence-electron chi connectivity index (χ4n) is 2.16. The number of hydrogen-bond acceptors (Lipinski definition) is 2. The van der Waals surface area contributed by atoms with E-state index in [-0.39, 0.29) is 11.8 Å². The van der Waals surface area contributed by atoms with E-state index in [1.54, 1.807) is 7.11 Å². The second-order valence-electron chi connectivity index (χ2n) is 5.30. The number of halogens is 1. The van der Waals surface area contributed by atoms with Crippen molar-refractivity contribution in [3.63, 3.8) is 0 Å². The molecule has 20 heavy (non-hydrogen) atoms. The van der Waals surface area contributed by atoms with Crippen molar-refractivity contribution in [2.75, 3.05) is 20.3 Å². The molecule has 1 aromatic carbocycles. The van der Waals surface area contributed by atoms with E-state index in [1.165, 1.54) is 5.56 Å². The molecule has 0 saturated carbocycles. The first kappa shape index (κ1) is 17.2. The SMILES string of the molecule is COCCCNC(=O)CC(c1ccc(Br)cc1)C(C)C. The molecule has 0 aliphatic carbocycles. The molecule has 1 rings (SSSR count). The molecule has 112 valence electrons. The summed E-state index contributed by atoms with van der Waals surface area (Å²) < 4.78 is 6.03. The predicted octanol–water partition coefficient (Wildman–Crippen LogP) is 3.73. The number of ether oxygens (including phenoxy) is 1. The van der Waals surface area contributed by atoms with Crippen LogP contribution >= 0.6 is 15.9 Å². The van der Waals surface area contributed by atoms with Gasteiger partial charge in [-0.1, -0.05) is 41.9 Å². The number of carbonyl (C=O) groups is 1. The van der Waals surface area contributed by atoms with Crippen LogP contribution in [0.15, 0.2) is 28.7 Å². The van der Waals surface area contributed by atoms with Gasteiger partial charge in [0.25, 0.3) is 0 Å². The van der Waals surface area contributed by atoms with E-state index in [0.29, 0.717) is 25.5 Å². The van der Waals surface area contributed by atoms with Gasteiger partial charge in [-0.15, -0.1) is 0 Å². The Hall–Kier alpha value is -0.870. The zero-order valence-electron chi connectivity index (χ0n) is 12.5. The molecule has 4 heteroatoms. The first-order valence-electron chi connectivity index (χ1n) is 7.05. The van der Waals surface area contributed by atoms with Crippen LogP contribution in [0.3, 0.4) is 0 Å². The van der Waals surface area contributed by atoms with Crippen molar-refractivity contribution < 1.29 is 9.53 Å². The van der Waals surface area contributed by atoms with Crippen LogP contribution in [0.2, 0.25) is 0 Å². The largest absolute Gasteiger partial charge is 0.385 e. The third-order valence-electron chi connectivity index (χ3n) is 3.36. The molecule has 0 bridgehead atoms. The lowest BCUT2D eigenvalue weighted by Crippen LogP contribution is -2.27. The summed E-state index contributed by atoms with van der Waals surface area (Å²) in [5.74, 6) is 0.800. The van der Waals surface area contributed by atoms with E-state index in [1.807, 2.05) is 12.1 Å². The Balaban J connectivity index is 2.55. The minimum Gasteiger partial charge on any atom is -0.385 e. The summed E-state index contributed by atoms with van der Waals surface area (Å²) in [4.78, 5) is 12.0. The number of hydrogen-bond donors (Lipinski definition) is 1. The van der Waals surface area contributed by atoms with Gasteiger partial charge in [0.15, 0.2) is 0 Å². The van der Waals surface area contributed by atoms with Gasteiger partial charge in [0.05, 0.1) is 0 Å². The number of carbonyl (C=O) groups excluding carboxylic acids is 1. The summed E-state index contributed by atoms with van der Waals surface area (Å²) in [5, 5.41) is 2.96. The molecule has 3 nitrogen and oxygen atoms in total. The molecule has 0 heterocycles. The molecule has 1 atom stereocenters. The van der Waals surface area contributed by atoms with Crippen molar-refractivity contribution in [2.45, 2.75) is 32.6 Å². The monoisotopic (exact) mass is 341 g/mol. The van der Waals surface area contributed by atoms with Crippen LogP contribution in [-0.4, -0.2) is 26.2 Å². The minimum atomic E-state index is 0.114. The van der Waals surface area contributed by atoms with Crippen molar-refractivity contribution >= 4 is 21.8 Å². The van der Waals surface area contributed by atoms with Gasteiger partial charge in [0.2, 0.25) is 5.91 Å². The zero-order valence-corrected chi connectivity index (χ0v) is 14.1. The first-order valence-corrected chi connectivity index (χ1v) is 7.85. The molecule has 0 aliphatic rings. The lowest BCUT2D eigenvalue weighted by atomic mass is 9.85. The lowest BCUT2D eigenvalue weighted by molar-refractivity contribution is -0.121. The average Bonchev–Trinajstić information content (AvgIpc) is 2.42. The Morgan fingerprint density at radius 3 is 2.50 bits per heavy atom. The van der Waals surface area contributed by atoms with Gasteiger partial charge in [0.1, 0.15) is 0 Å². The smallest absolute Gasteiger partial charge is 0.220 e. The molecular weight excluding hydrogens is 318 g/mol. The minimum absolute atomic E-state index is 0.114. The molecular formula is C16H24BrNO2. The molecule has 0 radical (unpaired) electrons. The molecule has 0 aromatic heterocycles. The van der Waals surface area contributed by atoms with Crippen LogP contribution in [0.5, 0.6) is 0 Å². The molecule has 1 unspecified atom stereocenters. The summed E-state index contributed by atoms with van der Waals surface area (Å²) in [5.41, 5.74) is 1.22. The highest BCUT2D eigenvalue weighted by Crippen LogP contribution is 2.28. The lowest BCUT2D eigenvalue weighted by Gasteiger charge is -2.21. The van der Waals surface area contributed by atoms with Gasteiger partial charge in [-0.2, -0.15) is 0 Å². The van der Waals surface area contributed by atoms with Crippen molar-refractivity contribution in [3.05, 3.63) is 34.3 Å². The Kier molecular flexibility index (Phi) is 7.85. The van der Waals surface area contributed by atoms with Crippen molar-refractivity contribution in [1.29, 1.82) is 0 Å². The second kappa shape index (κ2) is 9.14. The van der Waals surface area contributed by atoms with Crippen molar-refractivity contribution in [2.24, 2.45) is 5.92 Å². The predicted molar refractivity (Wildman–Crippen MR) is 85.8 cm³/mol. The molecule has 0 fully saturated rings. The average molecular weight is 342 g/mol. The van der Waals surface area contributed by atoms with Crippen LogP contribution in [0.25, 0.3) is 0 Å². The maximum absolute atomic E-state index is 12.0. The highest BCUT2D eigenvalue weighted by Gasteiger charge is 2.19. The Bertz CT molecular complexity index is 403. The van der Waals surface area contributed by atoms with Crippen LogP contribution in [0.4, 0.5) is 0 Å². The summed E-state index contributed by atoms with van der Waals surface area (Å²) in [6, 6.07) is 8.24. The van der Waals surface area contributed by atoms with Crippen LogP contribution in [0.1, 0.15) is 38.2 Å². The molecule has 1 N–H and O–H groups in total. The fraction of sp³-hybridized carbons (Fsp3) is 0.562. The standard InChI is InChI=1S/C16H24BrNO2/c1-12(2)15(13-5-7-14(17)8-6-13)11-16(19)18-9-4-10-20-3/h5-8,12,15H,4,9-11H2,1-3H3,(H,18,19). The molecule has 1 amide bonds. The third-order valence-corrected chi connectivity index (χ3v) is 3.88. The van der Waals surface area contributed by atoms with E-state index < -0.39 is 0 Å².